The van der Waals surface area contributed by atoms with Gasteiger partial charge in [-0.15, -0.1) is 0 Å². The number of amides is 2. The van der Waals surface area contributed by atoms with Crippen molar-refractivity contribution < 1.29 is 19.2 Å². The summed E-state index contributed by atoms with van der Waals surface area (Å²) in [5, 5.41) is 11.1. The Kier molecular flexibility index (Phi) is 5.62. The van der Waals surface area contributed by atoms with Gasteiger partial charge in [-0.25, -0.2) is 0 Å². The van der Waals surface area contributed by atoms with Gasteiger partial charge in [0.25, 0.3) is 11.8 Å². The highest BCUT2D eigenvalue weighted by Crippen LogP contribution is 2.27. The zero-order valence-corrected chi connectivity index (χ0v) is 16.0. The summed E-state index contributed by atoms with van der Waals surface area (Å²) in [6.45, 7) is 1.40. The smallest absolute Gasteiger partial charge is 0.324 e. The number of thiophene rings is 1. The number of carbonyl (C=O) groups is 2. The predicted molar refractivity (Wildman–Crippen MR) is 101 cm³/mol. The first-order chi connectivity index (χ1) is 12.9. The van der Waals surface area contributed by atoms with E-state index in [-0.39, 0.29) is 16.8 Å². The molecule has 2 heterocycles. The second kappa shape index (κ2) is 7.93. The summed E-state index contributed by atoms with van der Waals surface area (Å²) in [7, 11) is 1.48. The third-order valence-corrected chi connectivity index (χ3v) is 5.49. The van der Waals surface area contributed by atoms with E-state index in [1.54, 1.807) is 28.0 Å². The number of methoxy groups -OCH3 is 1. The molecule has 1 aliphatic heterocycles. The van der Waals surface area contributed by atoms with Crippen molar-refractivity contribution in [1.29, 1.82) is 0 Å². The summed E-state index contributed by atoms with van der Waals surface area (Å²) in [5.74, 6) is -0.0393. The van der Waals surface area contributed by atoms with Crippen LogP contribution < -0.4 is 4.74 Å². The van der Waals surface area contributed by atoms with Gasteiger partial charge in [0.2, 0.25) is 0 Å². The van der Waals surface area contributed by atoms with Gasteiger partial charge in [-0.05, 0) is 24.3 Å². The summed E-state index contributed by atoms with van der Waals surface area (Å²) in [5.41, 5.74) is 0.374. The molecule has 0 atom stereocenters. The first-order valence-electron chi connectivity index (χ1n) is 8.07. The molecule has 3 rings (SSSR count). The lowest BCUT2D eigenvalue weighted by molar-refractivity contribution is -0.380. The van der Waals surface area contributed by atoms with Gasteiger partial charge in [0.15, 0.2) is 0 Å². The van der Waals surface area contributed by atoms with E-state index >= 15 is 0 Å². The number of nitro groups is 1. The molecule has 2 amide bonds. The average molecular weight is 410 g/mol. The van der Waals surface area contributed by atoms with E-state index in [0.29, 0.717) is 47.4 Å². The molecule has 8 nitrogen and oxygen atoms in total. The monoisotopic (exact) mass is 409 g/mol. The summed E-state index contributed by atoms with van der Waals surface area (Å²) in [4.78, 5) is 39.1. The summed E-state index contributed by atoms with van der Waals surface area (Å²) in [6, 6.07) is 7.63. The van der Waals surface area contributed by atoms with Gasteiger partial charge in [-0.1, -0.05) is 22.9 Å². The van der Waals surface area contributed by atoms with E-state index in [2.05, 4.69) is 0 Å². The van der Waals surface area contributed by atoms with Crippen LogP contribution in [0.3, 0.4) is 0 Å². The lowest BCUT2D eigenvalue weighted by Crippen LogP contribution is -2.50. The summed E-state index contributed by atoms with van der Waals surface area (Å²) >= 11 is 6.84. The maximum absolute atomic E-state index is 12.8. The maximum Gasteiger partial charge on any atom is 0.324 e. The van der Waals surface area contributed by atoms with Gasteiger partial charge in [0, 0.05) is 37.3 Å². The van der Waals surface area contributed by atoms with E-state index in [1.165, 1.54) is 19.2 Å². The summed E-state index contributed by atoms with van der Waals surface area (Å²) in [6.07, 6.45) is 0. The van der Waals surface area contributed by atoms with Crippen molar-refractivity contribution in [3.63, 3.8) is 0 Å². The highest BCUT2D eigenvalue weighted by Gasteiger charge is 2.28. The second-order valence-electron chi connectivity index (χ2n) is 5.82. The Bertz CT molecular complexity index is 892. The molecule has 1 fully saturated rings. The number of hydrogen-bond acceptors (Lipinski definition) is 6. The van der Waals surface area contributed by atoms with Crippen molar-refractivity contribution in [1.82, 2.24) is 9.80 Å². The predicted octanol–water partition coefficient (Wildman–Crippen LogP) is 2.92. The van der Waals surface area contributed by atoms with E-state index in [0.717, 1.165) is 11.3 Å². The molecule has 0 N–H and O–H groups in total. The van der Waals surface area contributed by atoms with E-state index in [4.69, 9.17) is 16.3 Å². The third-order valence-electron chi connectivity index (χ3n) is 4.23. The Balaban J connectivity index is 1.66. The van der Waals surface area contributed by atoms with Crippen LogP contribution in [0, 0.1) is 10.1 Å². The molecule has 1 aromatic heterocycles. The number of carbonyl (C=O) groups excluding carboxylic acids is 2. The second-order valence-corrected chi connectivity index (χ2v) is 7.32. The SMILES string of the molecule is COc1ccc(Cl)cc1C(=O)N1CCN(C(=O)c2ccc([N+](=O)[O-])s2)CC1. The normalized spacial score (nSPS) is 14.1. The van der Waals surface area contributed by atoms with Gasteiger partial charge in [0.05, 0.1) is 22.5 Å². The topological polar surface area (TPSA) is 93.0 Å². The molecule has 1 saturated heterocycles. The number of ether oxygens (including phenoxy) is 1. The zero-order valence-electron chi connectivity index (χ0n) is 14.4. The largest absolute Gasteiger partial charge is 0.496 e. The lowest BCUT2D eigenvalue weighted by atomic mass is 10.1. The number of nitrogens with zero attached hydrogens (tertiary/aromatic N) is 3. The number of halogens is 1. The van der Waals surface area contributed by atoms with Gasteiger partial charge < -0.3 is 14.5 Å². The molecule has 27 heavy (non-hydrogen) atoms. The molecule has 1 aliphatic rings. The van der Waals surface area contributed by atoms with Crippen LogP contribution >= 0.6 is 22.9 Å². The molecular formula is C17H16ClN3O5S. The van der Waals surface area contributed by atoms with Crippen LogP contribution in [-0.2, 0) is 0 Å². The minimum absolute atomic E-state index is 0.0692. The number of hydrogen-bond donors (Lipinski definition) is 0. The maximum atomic E-state index is 12.8. The van der Waals surface area contributed by atoms with Crippen molar-refractivity contribution >= 4 is 39.8 Å². The molecule has 1 aromatic carbocycles. The zero-order chi connectivity index (χ0) is 19.6. The highest BCUT2D eigenvalue weighted by atomic mass is 35.5. The average Bonchev–Trinajstić information content (AvgIpc) is 3.17. The number of benzene rings is 1. The van der Waals surface area contributed by atoms with Gasteiger partial charge in [0.1, 0.15) is 5.75 Å². The van der Waals surface area contributed by atoms with Crippen LogP contribution in [0.4, 0.5) is 5.00 Å². The van der Waals surface area contributed by atoms with Crippen LogP contribution in [0.15, 0.2) is 30.3 Å². The molecule has 2 aromatic rings. The van der Waals surface area contributed by atoms with Crippen molar-refractivity contribution in [2.45, 2.75) is 0 Å². The Labute approximate surface area is 164 Å². The van der Waals surface area contributed by atoms with Crippen molar-refractivity contribution in [3.05, 3.63) is 55.9 Å². The Morgan fingerprint density at radius 3 is 2.30 bits per heavy atom. The summed E-state index contributed by atoms with van der Waals surface area (Å²) < 4.78 is 5.23. The number of piperazine rings is 1. The van der Waals surface area contributed by atoms with Crippen molar-refractivity contribution in [3.8, 4) is 5.75 Å². The first kappa shape index (κ1) is 19.1. The molecule has 0 aliphatic carbocycles. The molecule has 0 saturated carbocycles. The number of rotatable bonds is 4. The Morgan fingerprint density at radius 1 is 1.11 bits per heavy atom. The fourth-order valence-corrected chi connectivity index (χ4v) is 3.79. The van der Waals surface area contributed by atoms with Crippen LogP contribution in [0.5, 0.6) is 5.75 Å². The van der Waals surface area contributed by atoms with Crippen molar-refractivity contribution in [2.24, 2.45) is 0 Å². The van der Waals surface area contributed by atoms with Crippen LogP contribution in [-0.4, -0.2) is 59.8 Å². The van der Waals surface area contributed by atoms with E-state index in [1.807, 2.05) is 0 Å². The molecule has 10 heteroatoms. The quantitative estimate of drug-likeness (QED) is 0.571. The molecule has 0 unspecified atom stereocenters. The third kappa shape index (κ3) is 4.04. The van der Waals surface area contributed by atoms with Crippen LogP contribution in [0.25, 0.3) is 0 Å². The fourth-order valence-electron chi connectivity index (χ4n) is 2.83. The van der Waals surface area contributed by atoms with Gasteiger partial charge in [-0.2, -0.15) is 0 Å². The highest BCUT2D eigenvalue weighted by molar-refractivity contribution is 7.17. The van der Waals surface area contributed by atoms with Gasteiger partial charge >= 0.3 is 5.00 Å². The van der Waals surface area contributed by atoms with Gasteiger partial charge in [-0.3, -0.25) is 19.7 Å². The molecule has 142 valence electrons. The minimum atomic E-state index is -0.517. The molecule has 0 radical (unpaired) electrons. The fraction of sp³-hybridized carbons (Fsp3) is 0.294. The van der Waals surface area contributed by atoms with Crippen LogP contribution in [0.1, 0.15) is 20.0 Å². The van der Waals surface area contributed by atoms with Crippen LogP contribution in [0.2, 0.25) is 5.02 Å². The van der Waals surface area contributed by atoms with E-state index < -0.39 is 4.92 Å². The molecular weight excluding hydrogens is 394 g/mol. The Hall–Kier alpha value is -2.65. The van der Waals surface area contributed by atoms with Crippen molar-refractivity contribution in [2.75, 3.05) is 33.3 Å². The standard InChI is InChI=1S/C17H16ClN3O5S/c1-26-13-3-2-11(18)10-12(13)16(22)19-6-8-20(9-7-19)17(23)14-4-5-15(27-14)21(24)25/h2-5,10H,6-9H2,1H3. The van der Waals surface area contributed by atoms with E-state index in [9.17, 15) is 19.7 Å². The molecule has 0 bridgehead atoms. The molecule has 0 spiro atoms. The first-order valence-corrected chi connectivity index (χ1v) is 9.26. The minimum Gasteiger partial charge on any atom is -0.496 e. The lowest BCUT2D eigenvalue weighted by Gasteiger charge is -2.34. The Morgan fingerprint density at radius 2 is 1.74 bits per heavy atom.